The molecule has 2 aliphatic carbocycles. The molecule has 1 aliphatic heterocycles. The molecule has 2 aromatic heterocycles. The van der Waals surface area contributed by atoms with Crippen molar-refractivity contribution in [2.75, 3.05) is 20.2 Å². The average molecular weight is 472 g/mol. The lowest BCUT2D eigenvalue weighted by Crippen LogP contribution is -2.14. The van der Waals surface area contributed by atoms with E-state index in [1.165, 1.54) is 31.4 Å². The van der Waals surface area contributed by atoms with Crippen molar-refractivity contribution >= 4 is 21.7 Å². The molecule has 0 amide bonds. The minimum Gasteiger partial charge on any atom is -0.508 e. The van der Waals surface area contributed by atoms with Gasteiger partial charge in [0.1, 0.15) is 22.8 Å². The first-order valence-electron chi connectivity index (χ1n) is 11.8. The maximum atomic E-state index is 16.5. The van der Waals surface area contributed by atoms with Crippen LogP contribution in [0.25, 0.3) is 32.9 Å². The van der Waals surface area contributed by atoms with Gasteiger partial charge in [-0.05, 0) is 61.4 Å². The number of methoxy groups -OCH3 is 1. The van der Waals surface area contributed by atoms with Crippen LogP contribution in [0.1, 0.15) is 36.1 Å². The second-order valence-corrected chi connectivity index (χ2v) is 9.74. The molecule has 0 spiro atoms. The molecule has 8 heteroatoms. The number of fused-ring (bicyclic) bond motifs is 3. The van der Waals surface area contributed by atoms with Gasteiger partial charge in [-0.25, -0.2) is 13.8 Å². The van der Waals surface area contributed by atoms with Crippen molar-refractivity contribution in [2.45, 2.75) is 24.8 Å². The van der Waals surface area contributed by atoms with E-state index in [1.807, 2.05) is 0 Å². The Labute approximate surface area is 199 Å². The molecular formula is C27H22F2N4O2. The van der Waals surface area contributed by atoms with E-state index >= 15 is 4.39 Å². The molecule has 2 saturated carbocycles. The Morgan fingerprint density at radius 1 is 1.17 bits per heavy atom. The zero-order chi connectivity index (χ0) is 24.0. The highest BCUT2D eigenvalue weighted by Gasteiger charge is 2.56. The summed E-state index contributed by atoms with van der Waals surface area (Å²) in [7, 11) is 1.50. The number of nitrogens with zero attached hydrogens (tertiary/aromatic N) is 3. The van der Waals surface area contributed by atoms with Gasteiger partial charge in [-0.15, -0.1) is 6.42 Å². The van der Waals surface area contributed by atoms with Crippen molar-refractivity contribution in [1.29, 1.82) is 0 Å². The van der Waals surface area contributed by atoms with Gasteiger partial charge < -0.3 is 15.2 Å². The van der Waals surface area contributed by atoms with Crippen LogP contribution in [0.4, 0.5) is 8.78 Å². The number of pyridine rings is 1. The first kappa shape index (κ1) is 20.7. The minimum absolute atomic E-state index is 0.00698. The van der Waals surface area contributed by atoms with Crippen LogP contribution in [0.15, 0.2) is 24.3 Å². The van der Waals surface area contributed by atoms with E-state index in [-0.39, 0.29) is 40.4 Å². The molecule has 176 valence electrons. The second kappa shape index (κ2) is 7.15. The van der Waals surface area contributed by atoms with E-state index in [2.05, 4.69) is 16.2 Å². The predicted octanol–water partition coefficient (Wildman–Crippen LogP) is 4.49. The van der Waals surface area contributed by atoms with E-state index in [0.717, 1.165) is 31.6 Å². The molecule has 4 aromatic rings. The van der Waals surface area contributed by atoms with E-state index < -0.39 is 11.6 Å². The van der Waals surface area contributed by atoms with Gasteiger partial charge in [-0.1, -0.05) is 12.0 Å². The summed E-state index contributed by atoms with van der Waals surface area (Å²) in [4.78, 5) is 4.57. The van der Waals surface area contributed by atoms with Crippen LogP contribution in [-0.4, -0.2) is 40.1 Å². The lowest BCUT2D eigenvalue weighted by molar-refractivity contribution is 0.402. The maximum absolute atomic E-state index is 16.5. The Bertz CT molecular complexity index is 1590. The minimum atomic E-state index is -0.598. The Balaban J connectivity index is 1.55. The number of aromatic hydroxyl groups is 1. The number of phenolic OH excluding ortho intramolecular Hbond substituents is 1. The summed E-state index contributed by atoms with van der Waals surface area (Å²) in [5.74, 6) is 2.61. The quantitative estimate of drug-likeness (QED) is 0.428. The summed E-state index contributed by atoms with van der Waals surface area (Å²) in [6.07, 6.45) is 7.49. The SMILES string of the molecule is C#Cc1c(F)ccc2cc(O)cc(-c3nc(OC)c4c(C5[C@H]6CNC[C@@H]56)nn(C5CC5)c4c3F)c12. The average Bonchev–Trinajstić information content (AvgIpc) is 3.73. The molecule has 7 rings (SSSR count). The monoisotopic (exact) mass is 472 g/mol. The molecular weight excluding hydrogens is 450 g/mol. The molecule has 3 aliphatic rings. The van der Waals surface area contributed by atoms with Gasteiger partial charge in [-0.3, -0.25) is 4.68 Å². The van der Waals surface area contributed by atoms with Gasteiger partial charge in [0.2, 0.25) is 5.88 Å². The summed E-state index contributed by atoms with van der Waals surface area (Å²) in [6, 6.07) is 5.71. The largest absolute Gasteiger partial charge is 0.508 e. The first-order valence-corrected chi connectivity index (χ1v) is 11.8. The second-order valence-electron chi connectivity index (χ2n) is 9.74. The highest BCUT2D eigenvalue weighted by molar-refractivity contribution is 6.03. The van der Waals surface area contributed by atoms with Gasteiger partial charge in [0.05, 0.1) is 29.8 Å². The van der Waals surface area contributed by atoms with Crippen LogP contribution in [-0.2, 0) is 0 Å². The summed E-state index contributed by atoms with van der Waals surface area (Å²) >= 11 is 0. The molecule has 0 bridgehead atoms. The smallest absolute Gasteiger partial charge is 0.225 e. The number of aromatic nitrogens is 3. The summed E-state index contributed by atoms with van der Waals surface area (Å²) in [5, 5.41) is 20.1. The van der Waals surface area contributed by atoms with Gasteiger partial charge in [0.15, 0.2) is 5.82 Å². The van der Waals surface area contributed by atoms with Crippen LogP contribution < -0.4 is 10.1 Å². The van der Waals surface area contributed by atoms with E-state index in [1.54, 1.807) is 4.68 Å². The number of halogens is 2. The molecule has 1 saturated heterocycles. The third-order valence-corrected chi connectivity index (χ3v) is 7.73. The van der Waals surface area contributed by atoms with Crippen LogP contribution in [0.5, 0.6) is 11.6 Å². The lowest BCUT2D eigenvalue weighted by atomic mass is 9.95. The van der Waals surface area contributed by atoms with E-state index in [4.69, 9.17) is 16.3 Å². The maximum Gasteiger partial charge on any atom is 0.225 e. The van der Waals surface area contributed by atoms with Crippen LogP contribution in [0, 0.1) is 35.8 Å². The van der Waals surface area contributed by atoms with Crippen LogP contribution in [0.2, 0.25) is 0 Å². The molecule has 0 radical (unpaired) electrons. The van der Waals surface area contributed by atoms with Crippen LogP contribution in [0.3, 0.4) is 0 Å². The Morgan fingerprint density at radius 3 is 2.63 bits per heavy atom. The number of nitrogens with one attached hydrogen (secondary N) is 1. The topological polar surface area (TPSA) is 72.2 Å². The van der Waals surface area contributed by atoms with Crippen molar-refractivity contribution in [2.24, 2.45) is 11.8 Å². The van der Waals surface area contributed by atoms with E-state index in [9.17, 15) is 9.50 Å². The zero-order valence-corrected chi connectivity index (χ0v) is 19.0. The van der Waals surface area contributed by atoms with Gasteiger partial charge in [-0.2, -0.15) is 5.10 Å². The van der Waals surface area contributed by atoms with Crippen molar-refractivity contribution in [3.8, 4) is 35.2 Å². The molecule has 3 atom stereocenters. The number of piperidine rings is 1. The van der Waals surface area contributed by atoms with Crippen molar-refractivity contribution in [3.63, 3.8) is 0 Å². The molecule has 1 unspecified atom stereocenters. The number of terminal acetylenes is 1. The fourth-order valence-electron chi connectivity index (χ4n) is 5.91. The molecule has 2 aromatic carbocycles. The molecule has 3 heterocycles. The fraction of sp³-hybridized carbons (Fsp3) is 0.333. The number of hydrogen-bond donors (Lipinski definition) is 2. The predicted molar refractivity (Wildman–Crippen MR) is 127 cm³/mol. The molecule has 35 heavy (non-hydrogen) atoms. The van der Waals surface area contributed by atoms with Gasteiger partial charge >= 0.3 is 0 Å². The fourth-order valence-corrected chi connectivity index (χ4v) is 5.91. The third-order valence-electron chi connectivity index (χ3n) is 7.73. The van der Waals surface area contributed by atoms with Gasteiger partial charge in [0, 0.05) is 16.9 Å². The summed E-state index contributed by atoms with van der Waals surface area (Å²) < 4.78 is 38.6. The van der Waals surface area contributed by atoms with Gasteiger partial charge in [0.25, 0.3) is 0 Å². The number of phenols is 1. The number of rotatable bonds is 4. The standard InChI is InChI=1S/C27H22F2N4O2/c1-3-15-19(28)7-4-12-8-14(34)9-16(20(12)15)24-23(29)26-22(27(31-24)35-2)25(32-33(26)13-5-6-13)21-17-10-30-11-18(17)21/h1,4,7-9,13,17-18,21,30,34H,5-6,10-11H2,2H3/t17-,18+,21?. The Hall–Kier alpha value is -3.70. The summed E-state index contributed by atoms with van der Waals surface area (Å²) in [6.45, 7) is 1.86. The highest BCUT2D eigenvalue weighted by atomic mass is 19.1. The third kappa shape index (κ3) is 2.85. The molecule has 3 fully saturated rings. The Kier molecular flexibility index (Phi) is 4.22. The van der Waals surface area contributed by atoms with Crippen molar-refractivity contribution in [3.05, 3.63) is 47.2 Å². The highest BCUT2D eigenvalue weighted by Crippen LogP contribution is 2.58. The number of benzene rings is 2. The van der Waals surface area contributed by atoms with Crippen molar-refractivity contribution in [1.82, 2.24) is 20.1 Å². The van der Waals surface area contributed by atoms with Crippen molar-refractivity contribution < 1.29 is 18.6 Å². The Morgan fingerprint density at radius 2 is 1.94 bits per heavy atom. The first-order chi connectivity index (χ1) is 17.0. The zero-order valence-electron chi connectivity index (χ0n) is 19.0. The lowest BCUT2D eigenvalue weighted by Gasteiger charge is -2.14. The number of ether oxygens (including phenoxy) is 1. The van der Waals surface area contributed by atoms with E-state index in [0.29, 0.717) is 33.5 Å². The molecule has 6 nitrogen and oxygen atoms in total. The molecule has 2 N–H and O–H groups in total. The normalized spacial score (nSPS) is 23.0. The van der Waals surface area contributed by atoms with Crippen LogP contribution >= 0.6 is 0 Å². The number of hydrogen-bond acceptors (Lipinski definition) is 5. The summed E-state index contributed by atoms with van der Waals surface area (Å²) in [5.41, 5.74) is 1.34.